The molecule has 9 heteroatoms. The highest BCUT2D eigenvalue weighted by Crippen LogP contribution is 2.44. The van der Waals surface area contributed by atoms with Crippen molar-refractivity contribution < 1.29 is 24.2 Å². The van der Waals surface area contributed by atoms with Gasteiger partial charge in [0.25, 0.3) is 5.91 Å². The predicted molar refractivity (Wildman–Crippen MR) is 124 cm³/mol. The van der Waals surface area contributed by atoms with Gasteiger partial charge in [-0.2, -0.15) is 5.10 Å². The van der Waals surface area contributed by atoms with Gasteiger partial charge in [0.05, 0.1) is 5.92 Å². The molecule has 1 saturated carbocycles. The Morgan fingerprint density at radius 2 is 1.71 bits per heavy atom. The number of aromatic nitrogens is 2. The van der Waals surface area contributed by atoms with Crippen molar-refractivity contribution in [2.45, 2.75) is 31.2 Å². The van der Waals surface area contributed by atoms with Gasteiger partial charge < -0.3 is 15.2 Å². The van der Waals surface area contributed by atoms with E-state index in [-0.39, 0.29) is 24.0 Å². The van der Waals surface area contributed by atoms with Crippen molar-refractivity contribution in [3.63, 3.8) is 0 Å². The van der Waals surface area contributed by atoms with Gasteiger partial charge >= 0.3 is 12.1 Å². The number of carboxylic acid groups (broad SMARTS) is 1. The number of hydrogen-bond donors (Lipinski definition) is 4. The zero-order valence-corrected chi connectivity index (χ0v) is 18.3. The number of H-pyrrole nitrogens is 1. The van der Waals surface area contributed by atoms with Crippen molar-refractivity contribution in [3.05, 3.63) is 71.4 Å². The first-order chi connectivity index (χ1) is 16.5. The van der Waals surface area contributed by atoms with Crippen LogP contribution >= 0.6 is 0 Å². The number of ether oxygens (including phenoxy) is 1. The highest BCUT2D eigenvalue weighted by atomic mass is 16.5. The molecule has 174 valence electrons. The first-order valence-corrected chi connectivity index (χ1v) is 11.2. The van der Waals surface area contributed by atoms with E-state index < -0.39 is 29.9 Å². The Bertz CT molecular complexity index is 1210. The molecule has 1 aromatic heterocycles. The Morgan fingerprint density at radius 3 is 2.38 bits per heavy atom. The summed E-state index contributed by atoms with van der Waals surface area (Å²) in [4.78, 5) is 36.2. The number of carboxylic acids is 1. The third kappa shape index (κ3) is 4.12. The molecule has 2 aliphatic rings. The van der Waals surface area contributed by atoms with E-state index in [9.17, 15) is 19.5 Å². The minimum atomic E-state index is -0.912. The van der Waals surface area contributed by atoms with Crippen molar-refractivity contribution in [1.29, 1.82) is 0 Å². The summed E-state index contributed by atoms with van der Waals surface area (Å²) < 4.78 is 5.49. The summed E-state index contributed by atoms with van der Waals surface area (Å²) in [6.07, 6.45) is 1.22. The summed E-state index contributed by atoms with van der Waals surface area (Å²) in [5, 5.41) is 21.1. The normalized spacial score (nSPS) is 18.7. The van der Waals surface area contributed by atoms with Gasteiger partial charge in [-0.3, -0.25) is 20.0 Å². The molecule has 9 nitrogen and oxygen atoms in total. The molecule has 2 unspecified atom stereocenters. The smallest absolute Gasteiger partial charge is 0.412 e. The minimum absolute atomic E-state index is 0.0627. The van der Waals surface area contributed by atoms with Gasteiger partial charge in [-0.15, -0.1) is 0 Å². The second-order valence-corrected chi connectivity index (χ2v) is 8.57. The predicted octanol–water partition coefficient (Wildman–Crippen LogP) is 3.75. The lowest BCUT2D eigenvalue weighted by Crippen LogP contribution is -2.40. The third-order valence-corrected chi connectivity index (χ3v) is 6.55. The fourth-order valence-electron chi connectivity index (χ4n) is 4.92. The number of carbonyl (C=O) groups excluding carboxylic acids is 2. The van der Waals surface area contributed by atoms with Crippen LogP contribution in [-0.2, 0) is 9.53 Å². The molecule has 5 rings (SSSR count). The third-order valence-electron chi connectivity index (χ3n) is 6.55. The SMILES string of the molecule is O=C(Nc1cc(C(=O)NC2CCCC2C(=O)O)[nH]n1)OCC1c2ccccc2-c2ccccc21. The topological polar surface area (TPSA) is 133 Å². The molecule has 2 aromatic carbocycles. The van der Waals surface area contributed by atoms with Gasteiger partial charge in [0.1, 0.15) is 12.3 Å². The summed E-state index contributed by atoms with van der Waals surface area (Å²) in [7, 11) is 0. The fourth-order valence-corrected chi connectivity index (χ4v) is 4.92. The molecular formula is C25H24N4O5. The maximum absolute atomic E-state index is 12.5. The highest BCUT2D eigenvalue weighted by Gasteiger charge is 2.34. The first kappa shape index (κ1) is 21.7. The molecule has 3 aromatic rings. The molecule has 2 aliphatic carbocycles. The molecule has 0 saturated heterocycles. The van der Waals surface area contributed by atoms with Crippen molar-refractivity contribution in [3.8, 4) is 11.1 Å². The van der Waals surface area contributed by atoms with Crippen molar-refractivity contribution in [1.82, 2.24) is 15.5 Å². The number of aliphatic carboxylic acids is 1. The van der Waals surface area contributed by atoms with E-state index in [4.69, 9.17) is 4.74 Å². The van der Waals surface area contributed by atoms with Gasteiger partial charge in [-0.25, -0.2) is 4.79 Å². The Balaban J connectivity index is 1.19. The van der Waals surface area contributed by atoms with Crippen molar-refractivity contribution in [2.24, 2.45) is 5.92 Å². The van der Waals surface area contributed by atoms with Gasteiger partial charge in [0, 0.05) is 18.0 Å². The first-order valence-electron chi connectivity index (χ1n) is 11.2. The standard InChI is InChI=1S/C25H24N4O5/c30-23(26-20-11-5-10-18(20)24(31)32)21-12-22(29-28-21)27-25(33)34-13-19-16-8-3-1-6-14(16)15-7-2-4-9-17(15)19/h1-4,6-9,12,18-20H,5,10-11,13H2,(H,26,30)(H,31,32)(H2,27,28,29,33). The maximum atomic E-state index is 12.5. The molecule has 2 amide bonds. The van der Waals surface area contributed by atoms with Crippen LogP contribution in [0.1, 0.15) is 46.8 Å². The number of rotatable bonds is 6. The molecule has 1 fully saturated rings. The number of anilines is 1. The molecule has 1 heterocycles. The van der Waals surface area contributed by atoms with Crippen LogP contribution in [0.25, 0.3) is 11.1 Å². The van der Waals surface area contributed by atoms with E-state index in [0.717, 1.165) is 28.7 Å². The summed E-state index contributed by atoms with van der Waals surface area (Å²) in [5.41, 5.74) is 4.64. The molecule has 0 bridgehead atoms. The minimum Gasteiger partial charge on any atom is -0.481 e. The lowest BCUT2D eigenvalue weighted by molar-refractivity contribution is -0.142. The second kappa shape index (κ2) is 9.01. The number of nitrogens with zero attached hydrogens (tertiary/aromatic N) is 1. The molecular weight excluding hydrogens is 436 g/mol. The number of amides is 2. The average molecular weight is 460 g/mol. The molecule has 2 atom stereocenters. The fraction of sp³-hybridized carbons (Fsp3) is 0.280. The highest BCUT2D eigenvalue weighted by molar-refractivity contribution is 5.94. The molecule has 0 radical (unpaired) electrons. The average Bonchev–Trinajstić information content (AvgIpc) is 3.56. The zero-order chi connectivity index (χ0) is 23.7. The number of aromatic amines is 1. The number of benzene rings is 2. The van der Waals surface area contributed by atoms with Crippen LogP contribution in [0.3, 0.4) is 0 Å². The van der Waals surface area contributed by atoms with Crippen molar-refractivity contribution in [2.75, 3.05) is 11.9 Å². The van der Waals surface area contributed by atoms with Crippen LogP contribution in [0.15, 0.2) is 54.6 Å². The van der Waals surface area contributed by atoms with E-state index in [2.05, 4.69) is 33.0 Å². The Morgan fingerprint density at radius 1 is 1.03 bits per heavy atom. The summed E-state index contributed by atoms with van der Waals surface area (Å²) >= 11 is 0. The van der Waals surface area contributed by atoms with E-state index in [1.165, 1.54) is 6.07 Å². The van der Waals surface area contributed by atoms with Crippen LogP contribution in [0, 0.1) is 5.92 Å². The zero-order valence-electron chi connectivity index (χ0n) is 18.3. The second-order valence-electron chi connectivity index (χ2n) is 8.57. The van der Waals surface area contributed by atoms with Crippen LogP contribution in [0.2, 0.25) is 0 Å². The number of nitrogens with one attached hydrogen (secondary N) is 3. The number of carbonyl (C=O) groups is 3. The van der Waals surface area contributed by atoms with E-state index >= 15 is 0 Å². The lowest BCUT2D eigenvalue weighted by Gasteiger charge is -2.16. The number of hydrogen-bond acceptors (Lipinski definition) is 5. The quantitative estimate of drug-likeness (QED) is 0.443. The van der Waals surface area contributed by atoms with Crippen LogP contribution in [0.4, 0.5) is 10.6 Å². The molecule has 0 aliphatic heterocycles. The van der Waals surface area contributed by atoms with Crippen LogP contribution in [-0.4, -0.2) is 45.9 Å². The molecule has 34 heavy (non-hydrogen) atoms. The molecule has 4 N–H and O–H groups in total. The largest absolute Gasteiger partial charge is 0.481 e. The Hall–Kier alpha value is -4.14. The van der Waals surface area contributed by atoms with E-state index in [1.54, 1.807) is 0 Å². The monoisotopic (exact) mass is 460 g/mol. The number of fused-ring (bicyclic) bond motifs is 3. The summed E-state index contributed by atoms with van der Waals surface area (Å²) in [6.45, 7) is 0.163. The van der Waals surface area contributed by atoms with E-state index in [0.29, 0.717) is 12.8 Å². The molecule has 0 spiro atoms. The van der Waals surface area contributed by atoms with Gasteiger partial charge in [-0.05, 0) is 35.1 Å². The van der Waals surface area contributed by atoms with Crippen molar-refractivity contribution >= 4 is 23.8 Å². The van der Waals surface area contributed by atoms with Gasteiger partial charge in [-0.1, -0.05) is 55.0 Å². The van der Waals surface area contributed by atoms with E-state index in [1.807, 2.05) is 36.4 Å². The summed E-state index contributed by atoms with van der Waals surface area (Å²) in [6, 6.07) is 17.1. The summed E-state index contributed by atoms with van der Waals surface area (Å²) in [5.74, 6) is -1.89. The van der Waals surface area contributed by atoms with Crippen LogP contribution in [0.5, 0.6) is 0 Å². The Kier molecular flexibility index (Phi) is 5.75. The maximum Gasteiger partial charge on any atom is 0.412 e. The lowest BCUT2D eigenvalue weighted by atomic mass is 9.98. The Labute approximate surface area is 195 Å². The van der Waals surface area contributed by atoms with Gasteiger partial charge in [0.15, 0.2) is 5.82 Å². The van der Waals surface area contributed by atoms with Gasteiger partial charge in [0.2, 0.25) is 0 Å². The van der Waals surface area contributed by atoms with Crippen LogP contribution < -0.4 is 10.6 Å².